The minimum absolute atomic E-state index is 0.00456. The Morgan fingerprint density at radius 2 is 1.00 bits per heavy atom. The maximum Gasteiger partial charge on any atom is 0.306 e. The fourth-order valence-electron chi connectivity index (χ4n) is 6.03. The highest BCUT2D eigenvalue weighted by Gasteiger charge is 2.25. The monoisotopic (exact) mass is 810 g/mol. The van der Waals surface area contributed by atoms with E-state index in [1.165, 1.54) is 64.2 Å². The number of allylic oxidation sites excluding steroid dienone is 14. The maximum absolute atomic E-state index is 12.7. The van der Waals surface area contributed by atoms with Crippen LogP contribution in [0.25, 0.3) is 0 Å². The number of quaternary nitrogens is 1. The van der Waals surface area contributed by atoms with Crippen LogP contribution in [0.15, 0.2) is 85.1 Å². The number of nitrogens with zero attached hydrogens (tertiary/aromatic N) is 1. The Morgan fingerprint density at radius 1 is 0.534 bits per heavy atom. The molecule has 0 bridgehead atoms. The summed E-state index contributed by atoms with van der Waals surface area (Å²) in [6, 6.07) is -0.743. The Labute approximate surface area is 354 Å². The fraction of sp³-hybridized carbons (Fsp3) is 0.660. The van der Waals surface area contributed by atoms with Crippen LogP contribution in [0.5, 0.6) is 0 Å². The van der Waals surface area contributed by atoms with Gasteiger partial charge in [-0.1, -0.05) is 150 Å². The van der Waals surface area contributed by atoms with E-state index in [0.29, 0.717) is 12.8 Å². The van der Waals surface area contributed by atoms with E-state index in [0.717, 1.165) is 57.8 Å². The highest BCUT2D eigenvalue weighted by atomic mass is 16.6. The summed E-state index contributed by atoms with van der Waals surface area (Å²) in [6.45, 7) is 4.43. The number of hydrogen-bond donors (Lipinski definition) is 0. The molecule has 0 saturated carbocycles. The van der Waals surface area contributed by atoms with E-state index < -0.39 is 24.1 Å². The Morgan fingerprint density at radius 3 is 1.50 bits per heavy atom. The molecule has 0 aliphatic carbocycles. The number of hydrogen-bond acceptors (Lipinski definition) is 7. The van der Waals surface area contributed by atoms with Crippen molar-refractivity contribution in [2.75, 3.05) is 41.0 Å². The van der Waals surface area contributed by atoms with Gasteiger partial charge >= 0.3 is 11.9 Å². The second-order valence-electron chi connectivity index (χ2n) is 15.9. The lowest BCUT2D eigenvalue weighted by Gasteiger charge is -2.34. The number of unbranched alkanes of at least 4 members (excludes halogenated alkanes) is 11. The van der Waals surface area contributed by atoms with Crippen LogP contribution in [0.1, 0.15) is 162 Å². The SMILES string of the molecule is CC/C=C/C/C=C/C/C=C/C/C=C/C/C=C/C/C=C/CCC(=O)OC(COCCC(C(=O)[O-])[N+](C)(C)C)COC(=O)CCCCCCCCC/C=C/CCCCCC. The summed E-state index contributed by atoms with van der Waals surface area (Å²) < 4.78 is 17.1. The van der Waals surface area contributed by atoms with Crippen molar-refractivity contribution < 1.29 is 38.2 Å². The molecule has 330 valence electrons. The van der Waals surface area contributed by atoms with Crippen LogP contribution in [0.3, 0.4) is 0 Å². The Bertz CT molecular complexity index is 1220. The standard InChI is InChI=1S/C50H83NO7/c1-6-8-10-12-14-16-18-20-22-23-24-25-27-29-31-33-35-37-39-41-49(53)58-46(44-56-43-42-47(50(54)55)51(3,4)5)45-57-48(52)40-38-36-34-32-30-28-26-21-19-17-15-13-11-9-7-2/h8,10,14,16-17,19-20,22,24-25,29,31,35,37,46-47H,6-7,9,11-13,15,18,21,23,26-28,30,32-34,36,38-45H2,1-5H3/b10-8+,16-14+,19-17+,22-20+,25-24+,31-29+,37-35+. The zero-order valence-corrected chi connectivity index (χ0v) is 37.4. The zero-order chi connectivity index (χ0) is 42.8. The van der Waals surface area contributed by atoms with Gasteiger partial charge in [-0.3, -0.25) is 9.59 Å². The van der Waals surface area contributed by atoms with Gasteiger partial charge in [0, 0.05) is 19.3 Å². The molecule has 0 saturated heterocycles. The van der Waals surface area contributed by atoms with Crippen molar-refractivity contribution in [2.24, 2.45) is 0 Å². The molecule has 0 heterocycles. The van der Waals surface area contributed by atoms with Gasteiger partial charge in [-0.25, -0.2) is 0 Å². The van der Waals surface area contributed by atoms with E-state index in [9.17, 15) is 19.5 Å². The number of carbonyl (C=O) groups is 3. The van der Waals surface area contributed by atoms with Gasteiger partial charge in [-0.15, -0.1) is 0 Å². The van der Waals surface area contributed by atoms with Gasteiger partial charge < -0.3 is 28.6 Å². The van der Waals surface area contributed by atoms with Crippen molar-refractivity contribution >= 4 is 17.9 Å². The number of aliphatic carboxylic acids is 1. The lowest BCUT2D eigenvalue weighted by molar-refractivity contribution is -0.889. The second-order valence-corrected chi connectivity index (χ2v) is 15.9. The molecule has 58 heavy (non-hydrogen) atoms. The molecule has 8 heteroatoms. The van der Waals surface area contributed by atoms with Crippen molar-refractivity contribution in [2.45, 2.75) is 174 Å². The van der Waals surface area contributed by atoms with Gasteiger partial charge in [0.1, 0.15) is 12.6 Å². The van der Waals surface area contributed by atoms with E-state index in [-0.39, 0.29) is 43.1 Å². The van der Waals surface area contributed by atoms with Gasteiger partial charge in [0.2, 0.25) is 0 Å². The first-order valence-corrected chi connectivity index (χ1v) is 22.6. The molecule has 0 aliphatic heterocycles. The van der Waals surface area contributed by atoms with Gasteiger partial charge in [0.05, 0.1) is 40.3 Å². The highest BCUT2D eigenvalue weighted by molar-refractivity contribution is 5.70. The van der Waals surface area contributed by atoms with Crippen LogP contribution < -0.4 is 5.11 Å². The molecular weight excluding hydrogens is 727 g/mol. The zero-order valence-electron chi connectivity index (χ0n) is 37.4. The number of likely N-dealkylation sites (N-methyl/N-ethyl adjacent to an activating group) is 1. The quantitative estimate of drug-likeness (QED) is 0.0264. The van der Waals surface area contributed by atoms with Crippen LogP contribution in [0, 0.1) is 0 Å². The van der Waals surface area contributed by atoms with Crippen molar-refractivity contribution in [1.82, 2.24) is 0 Å². The van der Waals surface area contributed by atoms with Crippen molar-refractivity contribution in [3.05, 3.63) is 85.1 Å². The fourth-order valence-corrected chi connectivity index (χ4v) is 6.03. The molecule has 0 aromatic carbocycles. The smallest absolute Gasteiger partial charge is 0.306 e. The van der Waals surface area contributed by atoms with Gasteiger partial charge in [0.15, 0.2) is 6.10 Å². The van der Waals surface area contributed by atoms with Crippen LogP contribution >= 0.6 is 0 Å². The Balaban J connectivity index is 4.49. The normalized spacial score (nSPS) is 13.7. The summed E-state index contributed by atoms with van der Waals surface area (Å²) in [5.41, 5.74) is 0. The number of ether oxygens (including phenoxy) is 3. The summed E-state index contributed by atoms with van der Waals surface area (Å²) in [7, 11) is 5.37. The summed E-state index contributed by atoms with van der Waals surface area (Å²) in [4.78, 5) is 36.8. The summed E-state index contributed by atoms with van der Waals surface area (Å²) in [5, 5.41) is 11.6. The lowest BCUT2D eigenvalue weighted by atomic mass is 10.1. The molecule has 0 aromatic heterocycles. The number of esters is 2. The third-order valence-corrected chi connectivity index (χ3v) is 9.53. The van der Waals surface area contributed by atoms with Crippen molar-refractivity contribution in [3.63, 3.8) is 0 Å². The molecule has 0 spiro atoms. The number of rotatable bonds is 39. The van der Waals surface area contributed by atoms with Crippen molar-refractivity contribution in [3.8, 4) is 0 Å². The van der Waals surface area contributed by atoms with Gasteiger partial charge in [-0.05, 0) is 77.0 Å². The second kappa shape index (κ2) is 40.3. The van der Waals surface area contributed by atoms with Gasteiger partial charge in [0.25, 0.3) is 0 Å². The predicted octanol–water partition coefficient (Wildman–Crippen LogP) is 11.2. The van der Waals surface area contributed by atoms with E-state index in [4.69, 9.17) is 14.2 Å². The predicted molar refractivity (Wildman–Crippen MR) is 240 cm³/mol. The van der Waals surface area contributed by atoms with E-state index in [1.807, 2.05) is 12.2 Å². The molecule has 0 fully saturated rings. The lowest BCUT2D eigenvalue weighted by Crippen LogP contribution is -2.55. The number of carbonyl (C=O) groups excluding carboxylic acids is 3. The molecule has 8 nitrogen and oxygen atoms in total. The highest BCUT2D eigenvalue weighted by Crippen LogP contribution is 2.12. The van der Waals surface area contributed by atoms with Crippen LogP contribution in [-0.2, 0) is 28.6 Å². The molecule has 0 radical (unpaired) electrons. The van der Waals surface area contributed by atoms with E-state index in [1.54, 1.807) is 21.1 Å². The Kier molecular flexibility index (Phi) is 37.9. The minimum atomic E-state index is -1.14. The summed E-state index contributed by atoms with van der Waals surface area (Å²) >= 11 is 0. The molecule has 2 unspecified atom stereocenters. The molecule has 0 N–H and O–H groups in total. The third kappa shape index (κ3) is 38.1. The van der Waals surface area contributed by atoms with Crippen LogP contribution in [0.4, 0.5) is 0 Å². The van der Waals surface area contributed by atoms with Gasteiger partial charge in [-0.2, -0.15) is 0 Å². The molecule has 0 aromatic rings. The number of carboxylic acids is 1. The average molecular weight is 810 g/mol. The molecule has 0 aliphatic rings. The minimum Gasteiger partial charge on any atom is -0.544 e. The van der Waals surface area contributed by atoms with Crippen molar-refractivity contribution in [1.29, 1.82) is 0 Å². The molecular formula is C50H83NO7. The van der Waals surface area contributed by atoms with E-state index >= 15 is 0 Å². The molecule has 0 rings (SSSR count). The van der Waals surface area contributed by atoms with E-state index in [2.05, 4.69) is 86.8 Å². The average Bonchev–Trinajstić information content (AvgIpc) is 3.18. The molecule has 2 atom stereocenters. The van der Waals surface area contributed by atoms with Crippen LogP contribution in [0.2, 0.25) is 0 Å². The summed E-state index contributed by atoms with van der Waals surface area (Å²) in [5.74, 6) is -1.86. The van der Waals surface area contributed by atoms with Crippen LogP contribution in [-0.4, -0.2) is 75.5 Å². The third-order valence-electron chi connectivity index (χ3n) is 9.53. The first-order valence-electron chi connectivity index (χ1n) is 22.6. The Hall–Kier alpha value is -3.49. The first kappa shape index (κ1) is 54.5. The largest absolute Gasteiger partial charge is 0.544 e. The topological polar surface area (TPSA) is 102 Å². The maximum atomic E-state index is 12.7. The first-order chi connectivity index (χ1) is 28.1. The molecule has 0 amide bonds. The summed E-state index contributed by atoms with van der Waals surface area (Å²) in [6.07, 6.45) is 51.9. The number of carboxylic acid groups (broad SMARTS) is 1.